The third kappa shape index (κ3) is 2.16. The van der Waals surface area contributed by atoms with Gasteiger partial charge in [0, 0.05) is 12.3 Å². The zero-order valence-corrected chi connectivity index (χ0v) is 11.0. The largest absolute Gasteiger partial charge is 0.464 e. The van der Waals surface area contributed by atoms with E-state index in [1.54, 1.807) is 16.7 Å². The van der Waals surface area contributed by atoms with Crippen molar-refractivity contribution in [3.63, 3.8) is 0 Å². The Morgan fingerprint density at radius 3 is 3.15 bits per heavy atom. The van der Waals surface area contributed by atoms with Gasteiger partial charge < -0.3 is 10.1 Å². The molecule has 102 valence electrons. The van der Waals surface area contributed by atoms with Crippen molar-refractivity contribution in [2.24, 2.45) is 0 Å². The molecule has 0 aromatic carbocycles. The number of halogens is 1. The Balaban J connectivity index is 1.95. The fourth-order valence-electron chi connectivity index (χ4n) is 1.71. The number of carbonyl (C=O) groups excluding carboxylic acids is 1. The highest BCUT2D eigenvalue weighted by atomic mass is 35.5. The van der Waals surface area contributed by atoms with Crippen LogP contribution in [0.1, 0.15) is 10.5 Å². The van der Waals surface area contributed by atoms with Crippen molar-refractivity contribution >= 4 is 35.0 Å². The van der Waals surface area contributed by atoms with Crippen LogP contribution in [0.4, 0.5) is 11.8 Å². The van der Waals surface area contributed by atoms with E-state index in [9.17, 15) is 4.79 Å². The first-order valence-corrected chi connectivity index (χ1v) is 5.96. The number of anilines is 2. The summed E-state index contributed by atoms with van der Waals surface area (Å²) in [4.78, 5) is 19.5. The number of carbonyl (C=O) groups is 1. The van der Waals surface area contributed by atoms with Crippen LogP contribution in [-0.2, 0) is 4.74 Å². The van der Waals surface area contributed by atoms with Crippen LogP contribution < -0.4 is 5.32 Å². The van der Waals surface area contributed by atoms with Crippen LogP contribution >= 0.6 is 11.6 Å². The number of aromatic amines is 1. The molecule has 0 bridgehead atoms. The number of nitrogens with zero attached hydrogens (tertiary/aromatic N) is 4. The molecule has 0 spiro atoms. The molecular formula is C11H9ClN6O2. The molecule has 0 aliphatic rings. The molecule has 3 aromatic heterocycles. The average molecular weight is 293 g/mol. The minimum absolute atomic E-state index is 0.113. The molecular weight excluding hydrogens is 284 g/mol. The van der Waals surface area contributed by atoms with Crippen molar-refractivity contribution in [2.45, 2.75) is 0 Å². The van der Waals surface area contributed by atoms with Crippen LogP contribution in [0.15, 0.2) is 24.4 Å². The van der Waals surface area contributed by atoms with Gasteiger partial charge in [0.2, 0.25) is 11.2 Å². The number of H-pyrrole nitrogens is 1. The van der Waals surface area contributed by atoms with E-state index in [1.165, 1.54) is 13.2 Å². The second kappa shape index (κ2) is 4.82. The topological polar surface area (TPSA) is 97.2 Å². The number of methoxy groups -OCH3 is 1. The van der Waals surface area contributed by atoms with E-state index >= 15 is 0 Å². The third-order valence-corrected chi connectivity index (χ3v) is 2.75. The summed E-state index contributed by atoms with van der Waals surface area (Å²) in [5.74, 6) is 0.348. The van der Waals surface area contributed by atoms with Crippen LogP contribution in [0.25, 0.3) is 5.65 Å². The highest BCUT2D eigenvalue weighted by Gasteiger charge is 2.12. The average Bonchev–Trinajstić information content (AvgIpc) is 3.06. The first-order chi connectivity index (χ1) is 9.67. The summed E-state index contributed by atoms with van der Waals surface area (Å²) in [5.41, 5.74) is 0.884. The van der Waals surface area contributed by atoms with Gasteiger partial charge in [0.05, 0.1) is 7.11 Å². The molecule has 0 atom stereocenters. The highest BCUT2D eigenvalue weighted by molar-refractivity contribution is 6.28. The van der Waals surface area contributed by atoms with Gasteiger partial charge in [-0.3, -0.25) is 9.50 Å². The molecule has 0 aliphatic carbocycles. The van der Waals surface area contributed by atoms with E-state index < -0.39 is 5.97 Å². The summed E-state index contributed by atoms with van der Waals surface area (Å²) >= 11 is 5.85. The Morgan fingerprint density at radius 2 is 2.35 bits per heavy atom. The number of esters is 1. The van der Waals surface area contributed by atoms with E-state index in [1.807, 2.05) is 6.07 Å². The van der Waals surface area contributed by atoms with Crippen molar-refractivity contribution < 1.29 is 9.53 Å². The molecule has 0 unspecified atom stereocenters. The number of hydrogen-bond acceptors (Lipinski definition) is 6. The van der Waals surface area contributed by atoms with Crippen LogP contribution in [-0.4, -0.2) is 37.6 Å². The smallest absolute Gasteiger partial charge is 0.356 e. The van der Waals surface area contributed by atoms with Crippen molar-refractivity contribution in [1.82, 2.24) is 24.6 Å². The first-order valence-electron chi connectivity index (χ1n) is 5.59. The summed E-state index contributed by atoms with van der Waals surface area (Å²) in [6, 6.07) is 5.12. The molecule has 3 heterocycles. The Bertz CT molecular complexity index is 780. The molecule has 20 heavy (non-hydrogen) atoms. The summed E-state index contributed by atoms with van der Waals surface area (Å²) in [7, 11) is 1.30. The van der Waals surface area contributed by atoms with Crippen LogP contribution in [0.2, 0.25) is 5.28 Å². The van der Waals surface area contributed by atoms with Gasteiger partial charge in [-0.1, -0.05) is 0 Å². The Kier molecular flexibility index (Phi) is 2.99. The quantitative estimate of drug-likeness (QED) is 0.712. The van der Waals surface area contributed by atoms with E-state index in [0.29, 0.717) is 17.4 Å². The predicted octanol–water partition coefficient (Wildman–Crippen LogP) is 1.64. The normalized spacial score (nSPS) is 10.7. The van der Waals surface area contributed by atoms with E-state index in [2.05, 4.69) is 30.2 Å². The van der Waals surface area contributed by atoms with Crippen molar-refractivity contribution in [3.8, 4) is 0 Å². The zero-order chi connectivity index (χ0) is 14.1. The fraction of sp³-hybridized carbons (Fsp3) is 0.0909. The van der Waals surface area contributed by atoms with Crippen LogP contribution in [0.3, 0.4) is 0 Å². The fourth-order valence-corrected chi connectivity index (χ4v) is 1.87. The van der Waals surface area contributed by atoms with E-state index in [-0.39, 0.29) is 11.0 Å². The van der Waals surface area contributed by atoms with E-state index in [4.69, 9.17) is 11.6 Å². The maximum Gasteiger partial charge on any atom is 0.356 e. The summed E-state index contributed by atoms with van der Waals surface area (Å²) in [5, 5.41) is 9.57. The lowest BCUT2D eigenvalue weighted by Gasteiger charge is -2.05. The van der Waals surface area contributed by atoms with Crippen LogP contribution in [0.5, 0.6) is 0 Å². The summed E-state index contributed by atoms with van der Waals surface area (Å²) < 4.78 is 6.29. The molecule has 0 fully saturated rings. The second-order valence-electron chi connectivity index (χ2n) is 3.84. The molecule has 8 nitrogen and oxygen atoms in total. The van der Waals surface area contributed by atoms with Crippen molar-refractivity contribution in [1.29, 1.82) is 0 Å². The summed E-state index contributed by atoms with van der Waals surface area (Å²) in [6.07, 6.45) is 1.78. The van der Waals surface area contributed by atoms with Crippen molar-refractivity contribution in [2.75, 3.05) is 12.4 Å². The van der Waals surface area contributed by atoms with Gasteiger partial charge in [0.15, 0.2) is 5.82 Å². The number of hydrogen-bond donors (Lipinski definition) is 2. The Hall–Kier alpha value is -2.61. The molecule has 0 saturated heterocycles. The zero-order valence-electron chi connectivity index (χ0n) is 10.3. The lowest BCUT2D eigenvalue weighted by atomic mass is 10.4. The van der Waals surface area contributed by atoms with Gasteiger partial charge in [-0.25, -0.2) is 4.79 Å². The molecule has 0 saturated carbocycles. The standard InChI is InChI=1S/C11H9ClN6O2/c1-20-9(19)6-5-7(17-16-6)13-11-15-10(12)14-8-3-2-4-18(8)11/h2-5H,1H3,(H2,13,14,15,16,17). The number of aromatic nitrogens is 5. The van der Waals surface area contributed by atoms with Gasteiger partial charge in [0.1, 0.15) is 11.3 Å². The van der Waals surface area contributed by atoms with Gasteiger partial charge in [-0.05, 0) is 23.7 Å². The Labute approximate surface area is 117 Å². The number of fused-ring (bicyclic) bond motifs is 1. The number of nitrogens with one attached hydrogen (secondary N) is 2. The SMILES string of the molecule is COC(=O)c1cc(Nc2nc(Cl)nc3cccn23)n[nH]1. The monoisotopic (exact) mass is 292 g/mol. The minimum atomic E-state index is -0.502. The lowest BCUT2D eigenvalue weighted by Crippen LogP contribution is -2.03. The van der Waals surface area contributed by atoms with Gasteiger partial charge >= 0.3 is 5.97 Å². The molecule has 0 amide bonds. The second-order valence-corrected chi connectivity index (χ2v) is 4.17. The summed E-state index contributed by atoms with van der Waals surface area (Å²) in [6.45, 7) is 0. The van der Waals surface area contributed by atoms with Gasteiger partial charge in [-0.15, -0.1) is 0 Å². The lowest BCUT2D eigenvalue weighted by molar-refractivity contribution is 0.0594. The highest BCUT2D eigenvalue weighted by Crippen LogP contribution is 2.17. The number of ether oxygens (including phenoxy) is 1. The maximum atomic E-state index is 11.3. The van der Waals surface area contributed by atoms with Gasteiger partial charge in [-0.2, -0.15) is 15.1 Å². The molecule has 0 aliphatic heterocycles. The molecule has 3 rings (SSSR count). The molecule has 2 N–H and O–H groups in total. The third-order valence-electron chi connectivity index (χ3n) is 2.58. The maximum absolute atomic E-state index is 11.3. The van der Waals surface area contributed by atoms with Crippen molar-refractivity contribution in [3.05, 3.63) is 35.4 Å². The minimum Gasteiger partial charge on any atom is -0.464 e. The number of rotatable bonds is 3. The first kappa shape index (κ1) is 12.4. The van der Waals surface area contributed by atoms with Crippen LogP contribution in [0, 0.1) is 0 Å². The predicted molar refractivity (Wildman–Crippen MR) is 71.2 cm³/mol. The molecule has 9 heteroatoms. The van der Waals surface area contributed by atoms with Gasteiger partial charge in [0.25, 0.3) is 0 Å². The Morgan fingerprint density at radius 1 is 1.50 bits per heavy atom. The van der Waals surface area contributed by atoms with E-state index in [0.717, 1.165) is 0 Å². The molecule has 3 aromatic rings. The molecule has 0 radical (unpaired) electrons.